The molecule has 0 radical (unpaired) electrons. The first-order valence-corrected chi connectivity index (χ1v) is 6.93. The Morgan fingerprint density at radius 2 is 1.90 bits per heavy atom. The molecule has 3 nitrogen and oxygen atoms in total. The largest absolute Gasteiger partial charge is 0.322 e. The summed E-state index contributed by atoms with van der Waals surface area (Å²) in [5, 5.41) is 4.55. The number of nitrogens with one attached hydrogen (secondary N) is 1. The van der Waals surface area contributed by atoms with Crippen molar-refractivity contribution in [1.29, 1.82) is 0 Å². The summed E-state index contributed by atoms with van der Waals surface area (Å²) in [4.78, 5) is 16.6. The van der Waals surface area contributed by atoms with Gasteiger partial charge in [-0.2, -0.15) is 0 Å². The Hall–Kier alpha value is -2.39. The van der Waals surface area contributed by atoms with Crippen LogP contribution in [0.25, 0.3) is 10.9 Å². The van der Waals surface area contributed by atoms with Gasteiger partial charge in [-0.25, -0.2) is 0 Å². The minimum absolute atomic E-state index is 0.159. The third-order valence-electron chi connectivity index (χ3n) is 3.29. The van der Waals surface area contributed by atoms with Crippen LogP contribution >= 0.6 is 11.6 Å². The van der Waals surface area contributed by atoms with E-state index in [0.717, 1.165) is 16.5 Å². The lowest BCUT2D eigenvalue weighted by molar-refractivity contribution is 0.102. The number of hydrogen-bond acceptors (Lipinski definition) is 2. The highest BCUT2D eigenvalue weighted by Crippen LogP contribution is 2.20. The molecule has 21 heavy (non-hydrogen) atoms. The summed E-state index contributed by atoms with van der Waals surface area (Å²) in [7, 11) is 0. The van der Waals surface area contributed by atoms with Crippen molar-refractivity contribution in [3.05, 3.63) is 70.9 Å². The fourth-order valence-corrected chi connectivity index (χ4v) is 2.36. The number of aromatic nitrogens is 1. The van der Waals surface area contributed by atoms with Gasteiger partial charge in [-0.15, -0.1) is 0 Å². The van der Waals surface area contributed by atoms with Crippen LogP contribution in [0.5, 0.6) is 0 Å². The summed E-state index contributed by atoms with van der Waals surface area (Å²) >= 11 is 5.83. The number of hydrogen-bond donors (Lipinski definition) is 1. The van der Waals surface area contributed by atoms with Gasteiger partial charge in [0.05, 0.1) is 5.52 Å². The number of halogens is 1. The number of carbonyl (C=O) groups excluding carboxylic acids is 1. The number of nitrogens with zero attached hydrogens (tertiary/aromatic N) is 1. The Labute approximate surface area is 127 Å². The summed E-state index contributed by atoms with van der Waals surface area (Å²) < 4.78 is 0. The molecule has 1 aromatic heterocycles. The molecule has 0 spiro atoms. The standard InChI is InChI=1S/C17H13ClN2O/c1-11-9-12(10-16-15(11)3-2-8-19-16)17(21)20-14-6-4-13(18)5-7-14/h2-10H,1H3,(H,20,21). The number of rotatable bonds is 2. The van der Waals surface area contributed by atoms with Crippen LogP contribution in [0, 0.1) is 6.92 Å². The molecule has 0 aliphatic carbocycles. The van der Waals surface area contributed by atoms with Crippen molar-refractivity contribution >= 4 is 34.1 Å². The zero-order valence-electron chi connectivity index (χ0n) is 11.4. The maximum absolute atomic E-state index is 12.3. The van der Waals surface area contributed by atoms with Crippen LogP contribution in [-0.2, 0) is 0 Å². The van der Waals surface area contributed by atoms with E-state index in [4.69, 9.17) is 11.6 Å². The van der Waals surface area contributed by atoms with E-state index in [9.17, 15) is 4.79 Å². The Bertz CT molecular complexity index is 813. The lowest BCUT2D eigenvalue weighted by Crippen LogP contribution is -2.12. The average Bonchev–Trinajstić information content (AvgIpc) is 2.49. The zero-order chi connectivity index (χ0) is 14.8. The van der Waals surface area contributed by atoms with Crippen LogP contribution in [0.1, 0.15) is 15.9 Å². The van der Waals surface area contributed by atoms with Crippen LogP contribution in [0.2, 0.25) is 5.02 Å². The van der Waals surface area contributed by atoms with Crippen molar-refractivity contribution in [3.8, 4) is 0 Å². The molecule has 0 aliphatic rings. The van der Waals surface area contributed by atoms with Crippen molar-refractivity contribution in [2.45, 2.75) is 6.92 Å². The lowest BCUT2D eigenvalue weighted by Gasteiger charge is -2.08. The number of amides is 1. The normalized spacial score (nSPS) is 10.6. The van der Waals surface area contributed by atoms with Gasteiger partial charge in [0.25, 0.3) is 5.91 Å². The molecule has 0 saturated heterocycles. The first-order valence-electron chi connectivity index (χ1n) is 6.56. The van der Waals surface area contributed by atoms with E-state index in [1.165, 1.54) is 0 Å². The molecule has 0 fully saturated rings. The fourth-order valence-electron chi connectivity index (χ4n) is 2.23. The van der Waals surface area contributed by atoms with Gasteiger partial charge in [0.2, 0.25) is 0 Å². The zero-order valence-corrected chi connectivity index (χ0v) is 12.2. The second kappa shape index (κ2) is 5.54. The van der Waals surface area contributed by atoms with Crippen molar-refractivity contribution in [2.75, 3.05) is 5.32 Å². The van der Waals surface area contributed by atoms with Gasteiger partial charge in [0.1, 0.15) is 0 Å². The lowest BCUT2D eigenvalue weighted by atomic mass is 10.0. The number of pyridine rings is 1. The predicted octanol–water partition coefficient (Wildman–Crippen LogP) is 4.45. The number of carbonyl (C=O) groups is 1. The van der Waals surface area contributed by atoms with Gasteiger partial charge in [-0.1, -0.05) is 17.7 Å². The Morgan fingerprint density at radius 3 is 2.67 bits per heavy atom. The van der Waals surface area contributed by atoms with E-state index in [0.29, 0.717) is 16.3 Å². The SMILES string of the molecule is Cc1cc(C(=O)Nc2ccc(Cl)cc2)cc2ncccc12. The third kappa shape index (κ3) is 2.88. The Kier molecular flexibility index (Phi) is 3.59. The second-order valence-electron chi connectivity index (χ2n) is 4.82. The van der Waals surface area contributed by atoms with Crippen LogP contribution in [0.3, 0.4) is 0 Å². The minimum atomic E-state index is -0.159. The van der Waals surface area contributed by atoms with Crippen LogP contribution < -0.4 is 5.32 Å². The van der Waals surface area contributed by atoms with Gasteiger partial charge >= 0.3 is 0 Å². The topological polar surface area (TPSA) is 42.0 Å². The second-order valence-corrected chi connectivity index (χ2v) is 5.26. The highest BCUT2D eigenvalue weighted by atomic mass is 35.5. The summed E-state index contributed by atoms with van der Waals surface area (Å²) in [6, 6.07) is 14.6. The predicted molar refractivity (Wildman–Crippen MR) is 85.9 cm³/mol. The van der Waals surface area contributed by atoms with Crippen molar-refractivity contribution < 1.29 is 4.79 Å². The molecule has 4 heteroatoms. The number of aryl methyl sites for hydroxylation is 1. The maximum Gasteiger partial charge on any atom is 0.255 e. The number of benzene rings is 2. The minimum Gasteiger partial charge on any atom is -0.322 e. The Morgan fingerprint density at radius 1 is 1.14 bits per heavy atom. The molecule has 3 aromatic rings. The fraction of sp³-hybridized carbons (Fsp3) is 0.0588. The summed E-state index contributed by atoms with van der Waals surface area (Å²) in [5.41, 5.74) is 3.15. The third-order valence-corrected chi connectivity index (χ3v) is 3.54. The van der Waals surface area contributed by atoms with E-state index in [1.807, 2.05) is 25.1 Å². The van der Waals surface area contributed by atoms with E-state index < -0.39 is 0 Å². The monoisotopic (exact) mass is 296 g/mol. The van der Waals surface area contributed by atoms with Crippen LogP contribution in [0.15, 0.2) is 54.7 Å². The molecule has 3 rings (SSSR count). The first kappa shape index (κ1) is 13.6. The molecule has 1 N–H and O–H groups in total. The molecule has 1 amide bonds. The number of anilines is 1. The van der Waals surface area contributed by atoms with Crippen LogP contribution in [0.4, 0.5) is 5.69 Å². The molecule has 1 heterocycles. The van der Waals surface area contributed by atoms with Gasteiger partial charge in [0.15, 0.2) is 0 Å². The molecule has 0 atom stereocenters. The molecular weight excluding hydrogens is 284 g/mol. The number of fused-ring (bicyclic) bond motifs is 1. The average molecular weight is 297 g/mol. The van der Waals surface area contributed by atoms with Gasteiger partial charge < -0.3 is 5.32 Å². The van der Waals surface area contributed by atoms with E-state index in [2.05, 4.69) is 10.3 Å². The van der Waals surface area contributed by atoms with Crippen molar-refractivity contribution in [2.24, 2.45) is 0 Å². The molecule has 2 aromatic carbocycles. The van der Waals surface area contributed by atoms with Crippen molar-refractivity contribution in [3.63, 3.8) is 0 Å². The first-order chi connectivity index (χ1) is 10.1. The highest BCUT2D eigenvalue weighted by molar-refractivity contribution is 6.30. The Balaban J connectivity index is 1.92. The molecule has 0 bridgehead atoms. The quantitative estimate of drug-likeness (QED) is 0.759. The van der Waals surface area contributed by atoms with Crippen LogP contribution in [-0.4, -0.2) is 10.9 Å². The van der Waals surface area contributed by atoms with Gasteiger partial charge in [-0.05, 0) is 55.0 Å². The highest BCUT2D eigenvalue weighted by Gasteiger charge is 2.09. The van der Waals surface area contributed by atoms with Crippen molar-refractivity contribution in [1.82, 2.24) is 4.98 Å². The summed E-state index contributed by atoms with van der Waals surface area (Å²) in [5.74, 6) is -0.159. The molecule has 0 aliphatic heterocycles. The smallest absolute Gasteiger partial charge is 0.255 e. The van der Waals surface area contributed by atoms with Gasteiger partial charge in [-0.3, -0.25) is 9.78 Å². The van der Waals surface area contributed by atoms with E-state index in [1.54, 1.807) is 36.5 Å². The van der Waals surface area contributed by atoms with Gasteiger partial charge in [0, 0.05) is 27.9 Å². The van der Waals surface area contributed by atoms with E-state index >= 15 is 0 Å². The molecular formula is C17H13ClN2O. The maximum atomic E-state index is 12.3. The molecule has 0 unspecified atom stereocenters. The summed E-state index contributed by atoms with van der Waals surface area (Å²) in [6.45, 7) is 1.98. The summed E-state index contributed by atoms with van der Waals surface area (Å²) in [6.07, 6.45) is 1.72. The van der Waals surface area contributed by atoms with E-state index in [-0.39, 0.29) is 5.91 Å². The molecule has 104 valence electrons. The molecule has 0 saturated carbocycles.